The molecule has 0 saturated heterocycles. The van der Waals surface area contributed by atoms with Gasteiger partial charge in [-0.25, -0.2) is 0 Å². The van der Waals surface area contributed by atoms with E-state index in [-0.39, 0.29) is 0 Å². The van der Waals surface area contributed by atoms with Crippen LogP contribution >= 0.6 is 11.8 Å². The van der Waals surface area contributed by atoms with E-state index in [2.05, 4.69) is 6.92 Å². The zero-order valence-electron chi connectivity index (χ0n) is 11.7. The second-order valence-electron chi connectivity index (χ2n) is 4.82. The minimum atomic E-state index is -0.886. The van der Waals surface area contributed by atoms with Gasteiger partial charge in [-0.2, -0.15) is 11.8 Å². The third kappa shape index (κ3) is 12.2. The van der Waals surface area contributed by atoms with Crippen LogP contribution in [0.4, 0.5) is 0 Å². The molecular weight excluding hydrogens is 246 g/mol. The molecule has 0 radical (unpaired) electrons. The lowest BCUT2D eigenvalue weighted by atomic mass is 10.1. The first-order valence-corrected chi connectivity index (χ1v) is 8.40. The summed E-state index contributed by atoms with van der Waals surface area (Å²) in [6.45, 7) is 2.24. The van der Waals surface area contributed by atoms with Crippen LogP contribution in [0.2, 0.25) is 0 Å². The van der Waals surface area contributed by atoms with Crippen molar-refractivity contribution in [1.29, 1.82) is 0 Å². The van der Waals surface area contributed by atoms with Gasteiger partial charge in [0.05, 0.1) is 0 Å². The molecular formula is C14H29NO2S. The Morgan fingerprint density at radius 2 is 1.61 bits per heavy atom. The molecule has 0 fully saturated rings. The molecule has 1 atom stereocenters. The molecule has 0 aromatic heterocycles. The minimum absolute atomic E-state index is 0.580. The number of rotatable bonds is 13. The summed E-state index contributed by atoms with van der Waals surface area (Å²) < 4.78 is 0. The molecule has 0 amide bonds. The molecule has 3 nitrogen and oxygen atoms in total. The van der Waals surface area contributed by atoms with Gasteiger partial charge >= 0.3 is 5.97 Å². The highest BCUT2D eigenvalue weighted by molar-refractivity contribution is 7.99. The lowest BCUT2D eigenvalue weighted by molar-refractivity contribution is -0.138. The number of hydrogen-bond donors (Lipinski definition) is 2. The predicted octanol–water partition coefficient (Wildman–Crippen LogP) is 3.66. The lowest BCUT2D eigenvalue weighted by Gasteiger charge is -2.05. The van der Waals surface area contributed by atoms with E-state index in [1.165, 1.54) is 51.4 Å². The Morgan fingerprint density at radius 1 is 1.06 bits per heavy atom. The van der Waals surface area contributed by atoms with Crippen molar-refractivity contribution >= 4 is 17.7 Å². The maximum atomic E-state index is 10.5. The summed E-state index contributed by atoms with van der Waals surface area (Å²) in [5, 5.41) is 8.61. The Morgan fingerprint density at radius 3 is 2.17 bits per heavy atom. The van der Waals surface area contributed by atoms with E-state index in [0.717, 1.165) is 11.5 Å². The van der Waals surface area contributed by atoms with Crippen LogP contribution in [0.3, 0.4) is 0 Å². The number of thioether (sulfide) groups is 1. The number of nitrogens with two attached hydrogens (primary N) is 1. The van der Waals surface area contributed by atoms with Crippen LogP contribution in [0.1, 0.15) is 64.7 Å². The summed E-state index contributed by atoms with van der Waals surface area (Å²) >= 11 is 1.83. The summed E-state index contributed by atoms with van der Waals surface area (Å²) in [5.74, 6) is 1.12. The second kappa shape index (κ2) is 13.2. The smallest absolute Gasteiger partial charge is 0.320 e. The lowest BCUT2D eigenvalue weighted by Crippen LogP contribution is -2.30. The Hall–Kier alpha value is -0.220. The van der Waals surface area contributed by atoms with Gasteiger partial charge in [0.25, 0.3) is 0 Å². The summed E-state index contributed by atoms with van der Waals surface area (Å²) in [5.41, 5.74) is 5.42. The van der Waals surface area contributed by atoms with Gasteiger partial charge in [-0.15, -0.1) is 0 Å². The Labute approximate surface area is 116 Å². The number of carbonyl (C=O) groups is 1. The standard InChI is InChI=1S/C14H29NO2S/c1-2-3-4-5-6-7-8-9-11-18-12-10-13(15)14(16)17/h13H,2-12,15H2,1H3,(H,16,17). The number of carboxylic acid groups (broad SMARTS) is 1. The van der Waals surface area contributed by atoms with Crippen molar-refractivity contribution in [2.75, 3.05) is 11.5 Å². The third-order valence-electron chi connectivity index (χ3n) is 3.03. The van der Waals surface area contributed by atoms with Crippen LogP contribution in [-0.4, -0.2) is 28.6 Å². The number of hydrogen-bond acceptors (Lipinski definition) is 3. The van der Waals surface area contributed by atoms with Crippen LogP contribution in [0.15, 0.2) is 0 Å². The van der Waals surface area contributed by atoms with Gasteiger partial charge in [0.1, 0.15) is 6.04 Å². The number of aliphatic carboxylic acids is 1. The maximum absolute atomic E-state index is 10.5. The molecule has 0 aliphatic rings. The van der Waals surface area contributed by atoms with E-state index in [0.29, 0.717) is 6.42 Å². The summed E-state index contributed by atoms with van der Waals surface area (Å²) in [7, 11) is 0. The molecule has 18 heavy (non-hydrogen) atoms. The average Bonchev–Trinajstić information content (AvgIpc) is 2.35. The van der Waals surface area contributed by atoms with Crippen molar-refractivity contribution < 1.29 is 9.90 Å². The fourth-order valence-electron chi connectivity index (χ4n) is 1.77. The first-order chi connectivity index (χ1) is 8.68. The molecule has 1 unspecified atom stereocenters. The van der Waals surface area contributed by atoms with Gasteiger partial charge in [0.15, 0.2) is 0 Å². The molecule has 108 valence electrons. The van der Waals surface area contributed by atoms with E-state index < -0.39 is 12.0 Å². The first-order valence-electron chi connectivity index (χ1n) is 7.24. The van der Waals surface area contributed by atoms with Crippen molar-refractivity contribution in [2.24, 2.45) is 5.73 Å². The largest absolute Gasteiger partial charge is 0.480 e. The van der Waals surface area contributed by atoms with Crippen LogP contribution in [0, 0.1) is 0 Å². The molecule has 3 N–H and O–H groups in total. The molecule has 0 spiro atoms. The maximum Gasteiger partial charge on any atom is 0.320 e. The Bertz CT molecular complexity index is 200. The van der Waals surface area contributed by atoms with Crippen molar-refractivity contribution in [2.45, 2.75) is 70.8 Å². The molecule has 0 aliphatic carbocycles. The topological polar surface area (TPSA) is 63.3 Å². The van der Waals surface area contributed by atoms with E-state index in [9.17, 15) is 4.79 Å². The highest BCUT2D eigenvalue weighted by Crippen LogP contribution is 2.12. The van der Waals surface area contributed by atoms with E-state index in [1.807, 2.05) is 11.8 Å². The minimum Gasteiger partial charge on any atom is -0.480 e. The quantitative estimate of drug-likeness (QED) is 0.503. The molecule has 0 bridgehead atoms. The average molecular weight is 275 g/mol. The third-order valence-corrected chi connectivity index (χ3v) is 4.13. The van der Waals surface area contributed by atoms with E-state index in [1.54, 1.807) is 0 Å². The van der Waals surface area contributed by atoms with E-state index in [4.69, 9.17) is 10.8 Å². The monoisotopic (exact) mass is 275 g/mol. The van der Waals surface area contributed by atoms with Gasteiger partial charge in [0.2, 0.25) is 0 Å². The molecule has 0 aromatic rings. The Kier molecular flexibility index (Phi) is 13.1. The van der Waals surface area contributed by atoms with Crippen molar-refractivity contribution in [1.82, 2.24) is 0 Å². The first kappa shape index (κ1) is 17.8. The highest BCUT2D eigenvalue weighted by Gasteiger charge is 2.09. The zero-order chi connectivity index (χ0) is 13.6. The van der Waals surface area contributed by atoms with Gasteiger partial charge in [-0.3, -0.25) is 4.79 Å². The van der Waals surface area contributed by atoms with Gasteiger partial charge in [-0.05, 0) is 24.3 Å². The van der Waals surface area contributed by atoms with Crippen LogP contribution in [0.5, 0.6) is 0 Å². The highest BCUT2D eigenvalue weighted by atomic mass is 32.2. The van der Waals surface area contributed by atoms with Crippen molar-refractivity contribution in [3.63, 3.8) is 0 Å². The molecule has 0 aromatic carbocycles. The zero-order valence-corrected chi connectivity index (χ0v) is 12.5. The predicted molar refractivity (Wildman–Crippen MR) is 80.2 cm³/mol. The molecule has 0 rings (SSSR count). The number of carboxylic acids is 1. The van der Waals surface area contributed by atoms with Gasteiger partial charge in [0, 0.05) is 0 Å². The Balaban J connectivity index is 3.05. The van der Waals surface area contributed by atoms with Crippen molar-refractivity contribution in [3.8, 4) is 0 Å². The second-order valence-corrected chi connectivity index (χ2v) is 6.05. The van der Waals surface area contributed by atoms with Crippen LogP contribution < -0.4 is 5.73 Å². The van der Waals surface area contributed by atoms with Crippen LogP contribution in [-0.2, 0) is 4.79 Å². The number of unbranched alkanes of at least 4 members (excludes halogenated alkanes) is 7. The van der Waals surface area contributed by atoms with E-state index >= 15 is 0 Å². The fraction of sp³-hybridized carbons (Fsp3) is 0.929. The molecule has 0 aliphatic heterocycles. The summed E-state index contributed by atoms with van der Waals surface area (Å²) in [6, 6.07) is -0.684. The van der Waals surface area contributed by atoms with Gasteiger partial charge < -0.3 is 10.8 Å². The summed E-state index contributed by atoms with van der Waals surface area (Å²) in [4.78, 5) is 10.5. The molecule has 4 heteroatoms. The molecule has 0 saturated carbocycles. The fourth-order valence-corrected chi connectivity index (χ4v) is 2.81. The normalized spacial score (nSPS) is 12.6. The summed E-state index contributed by atoms with van der Waals surface area (Å²) in [6.07, 6.45) is 11.3. The molecule has 0 heterocycles. The van der Waals surface area contributed by atoms with Gasteiger partial charge in [-0.1, -0.05) is 51.9 Å². The van der Waals surface area contributed by atoms with Crippen molar-refractivity contribution in [3.05, 3.63) is 0 Å². The SMILES string of the molecule is CCCCCCCCCCSCCC(N)C(=O)O. The van der Waals surface area contributed by atoms with Crippen LogP contribution in [0.25, 0.3) is 0 Å².